The molecule has 1 aromatic heterocycles. The van der Waals surface area contributed by atoms with Crippen LogP contribution in [-0.2, 0) is 11.2 Å². The first kappa shape index (κ1) is 14.9. The van der Waals surface area contributed by atoms with Gasteiger partial charge in [-0.25, -0.2) is 4.98 Å². The summed E-state index contributed by atoms with van der Waals surface area (Å²) in [6, 6.07) is 0. The Morgan fingerprint density at radius 3 is 2.84 bits per heavy atom. The second-order valence-electron chi connectivity index (χ2n) is 6.16. The standard InChI is InChI=1S/C15H25NO2S/c1-5-7-12(18-6-2)14-16-10-8-15(3,4)9-11(17)13(10)19-14/h11-12,17H,5-9H2,1-4H3. The number of aromatic nitrogens is 1. The Labute approximate surface area is 120 Å². The second kappa shape index (κ2) is 5.90. The Kier molecular flexibility index (Phi) is 4.64. The van der Waals surface area contributed by atoms with E-state index in [9.17, 15) is 5.11 Å². The number of aliphatic hydroxyl groups is 1. The zero-order chi connectivity index (χ0) is 14.0. The molecule has 108 valence electrons. The zero-order valence-corrected chi connectivity index (χ0v) is 13.2. The van der Waals surface area contributed by atoms with E-state index in [1.165, 1.54) is 0 Å². The molecule has 2 unspecified atom stereocenters. The summed E-state index contributed by atoms with van der Waals surface area (Å²) in [6.45, 7) is 9.29. The van der Waals surface area contributed by atoms with Crippen molar-refractivity contribution in [3.8, 4) is 0 Å². The van der Waals surface area contributed by atoms with Gasteiger partial charge in [-0.3, -0.25) is 0 Å². The monoisotopic (exact) mass is 283 g/mol. The van der Waals surface area contributed by atoms with Crippen LogP contribution >= 0.6 is 11.3 Å². The van der Waals surface area contributed by atoms with Gasteiger partial charge in [0.05, 0.1) is 16.7 Å². The summed E-state index contributed by atoms with van der Waals surface area (Å²) in [6.07, 6.45) is 3.62. The maximum Gasteiger partial charge on any atom is 0.122 e. The fraction of sp³-hybridized carbons (Fsp3) is 0.800. The number of rotatable bonds is 5. The third-order valence-electron chi connectivity index (χ3n) is 3.63. The largest absolute Gasteiger partial charge is 0.387 e. The molecular weight excluding hydrogens is 258 g/mol. The van der Waals surface area contributed by atoms with E-state index in [1.54, 1.807) is 11.3 Å². The SMILES string of the molecule is CCCC(OCC)c1nc2c(s1)C(O)CC(C)(C)C2. The highest BCUT2D eigenvalue weighted by Gasteiger charge is 2.34. The van der Waals surface area contributed by atoms with Gasteiger partial charge in [0.1, 0.15) is 11.1 Å². The number of ether oxygens (including phenoxy) is 1. The third kappa shape index (κ3) is 3.36. The summed E-state index contributed by atoms with van der Waals surface area (Å²) in [5, 5.41) is 11.3. The van der Waals surface area contributed by atoms with Gasteiger partial charge in [-0.2, -0.15) is 0 Å². The molecule has 19 heavy (non-hydrogen) atoms. The summed E-state index contributed by atoms with van der Waals surface area (Å²) in [5.41, 5.74) is 1.23. The van der Waals surface area contributed by atoms with Gasteiger partial charge in [-0.1, -0.05) is 27.2 Å². The molecule has 0 saturated heterocycles. The molecule has 0 saturated carbocycles. The highest BCUT2D eigenvalue weighted by molar-refractivity contribution is 7.11. The minimum Gasteiger partial charge on any atom is -0.387 e. The Bertz CT molecular complexity index is 422. The van der Waals surface area contributed by atoms with E-state index < -0.39 is 0 Å². The first-order valence-electron chi connectivity index (χ1n) is 7.26. The molecule has 0 amide bonds. The van der Waals surface area contributed by atoms with Crippen LogP contribution in [0, 0.1) is 5.41 Å². The zero-order valence-electron chi connectivity index (χ0n) is 12.4. The van der Waals surface area contributed by atoms with Crippen molar-refractivity contribution < 1.29 is 9.84 Å². The summed E-state index contributed by atoms with van der Waals surface area (Å²) in [4.78, 5) is 5.83. The van der Waals surface area contributed by atoms with Gasteiger partial charge in [0.25, 0.3) is 0 Å². The van der Waals surface area contributed by atoms with Crippen LogP contribution in [0.2, 0.25) is 0 Å². The molecule has 0 radical (unpaired) electrons. The Balaban J connectivity index is 2.25. The summed E-state index contributed by atoms with van der Waals surface area (Å²) < 4.78 is 5.80. The molecule has 0 spiro atoms. The molecule has 1 heterocycles. The van der Waals surface area contributed by atoms with Crippen LogP contribution in [0.15, 0.2) is 0 Å². The van der Waals surface area contributed by atoms with E-state index in [-0.39, 0.29) is 17.6 Å². The molecular formula is C15H25NO2S. The summed E-state index contributed by atoms with van der Waals surface area (Å²) in [7, 11) is 0. The predicted octanol–water partition coefficient (Wildman–Crippen LogP) is 4.03. The van der Waals surface area contributed by atoms with Crippen molar-refractivity contribution in [3.63, 3.8) is 0 Å². The molecule has 1 aromatic rings. The van der Waals surface area contributed by atoms with E-state index in [4.69, 9.17) is 9.72 Å². The molecule has 0 aliphatic heterocycles. The van der Waals surface area contributed by atoms with Crippen molar-refractivity contribution in [1.82, 2.24) is 4.98 Å². The van der Waals surface area contributed by atoms with E-state index in [1.807, 2.05) is 6.92 Å². The molecule has 0 bridgehead atoms. The molecule has 0 fully saturated rings. The highest BCUT2D eigenvalue weighted by Crippen LogP contribution is 2.44. The first-order valence-corrected chi connectivity index (χ1v) is 8.07. The van der Waals surface area contributed by atoms with E-state index >= 15 is 0 Å². The number of fused-ring (bicyclic) bond motifs is 1. The maximum absolute atomic E-state index is 10.3. The second-order valence-corrected chi connectivity index (χ2v) is 7.22. The molecule has 3 nitrogen and oxygen atoms in total. The van der Waals surface area contributed by atoms with Crippen LogP contribution in [0.25, 0.3) is 0 Å². The van der Waals surface area contributed by atoms with Crippen LogP contribution in [0.1, 0.15) is 74.7 Å². The lowest BCUT2D eigenvalue weighted by atomic mass is 9.77. The molecule has 1 N–H and O–H groups in total. The van der Waals surface area contributed by atoms with Crippen LogP contribution in [-0.4, -0.2) is 16.7 Å². The molecule has 0 aromatic carbocycles. The van der Waals surface area contributed by atoms with Gasteiger partial charge >= 0.3 is 0 Å². The van der Waals surface area contributed by atoms with Gasteiger partial charge in [0.15, 0.2) is 0 Å². The average Bonchev–Trinajstić information content (AvgIpc) is 2.71. The number of hydrogen-bond donors (Lipinski definition) is 1. The van der Waals surface area contributed by atoms with Gasteiger partial charge in [-0.15, -0.1) is 11.3 Å². The molecule has 1 aliphatic carbocycles. The first-order chi connectivity index (χ1) is 8.96. The van der Waals surface area contributed by atoms with Gasteiger partial charge < -0.3 is 9.84 Å². The normalized spacial score (nSPS) is 23.1. The fourth-order valence-electron chi connectivity index (χ4n) is 2.79. The van der Waals surface area contributed by atoms with E-state index in [0.717, 1.165) is 41.3 Å². The smallest absolute Gasteiger partial charge is 0.122 e. The predicted molar refractivity (Wildman–Crippen MR) is 78.5 cm³/mol. The van der Waals surface area contributed by atoms with Crippen molar-refractivity contribution in [2.75, 3.05) is 6.61 Å². The quantitative estimate of drug-likeness (QED) is 0.887. The molecule has 2 rings (SSSR count). The summed E-state index contributed by atoms with van der Waals surface area (Å²) in [5.74, 6) is 0. The molecule has 4 heteroatoms. The van der Waals surface area contributed by atoms with Crippen LogP contribution < -0.4 is 0 Å². The van der Waals surface area contributed by atoms with Gasteiger partial charge in [-0.05, 0) is 31.6 Å². The van der Waals surface area contributed by atoms with Crippen LogP contribution in [0.5, 0.6) is 0 Å². The number of aliphatic hydroxyl groups excluding tert-OH is 1. The minimum atomic E-state index is -0.353. The van der Waals surface area contributed by atoms with Crippen molar-refractivity contribution in [3.05, 3.63) is 15.6 Å². The Hall–Kier alpha value is -0.450. The van der Waals surface area contributed by atoms with Gasteiger partial charge in [0.2, 0.25) is 0 Å². The third-order valence-corrected chi connectivity index (χ3v) is 4.92. The lowest BCUT2D eigenvalue weighted by Crippen LogP contribution is -2.24. The fourth-order valence-corrected chi connectivity index (χ4v) is 3.94. The molecule has 1 aliphatic rings. The summed E-state index contributed by atoms with van der Waals surface area (Å²) >= 11 is 1.65. The highest BCUT2D eigenvalue weighted by atomic mass is 32.1. The average molecular weight is 283 g/mol. The Morgan fingerprint density at radius 2 is 2.21 bits per heavy atom. The van der Waals surface area contributed by atoms with Crippen LogP contribution in [0.3, 0.4) is 0 Å². The Morgan fingerprint density at radius 1 is 1.47 bits per heavy atom. The lowest BCUT2D eigenvalue weighted by molar-refractivity contribution is 0.0552. The van der Waals surface area contributed by atoms with E-state index in [0.29, 0.717) is 6.61 Å². The van der Waals surface area contributed by atoms with Crippen molar-refractivity contribution >= 4 is 11.3 Å². The number of nitrogens with zero attached hydrogens (tertiary/aromatic N) is 1. The van der Waals surface area contributed by atoms with Crippen molar-refractivity contribution in [1.29, 1.82) is 0 Å². The van der Waals surface area contributed by atoms with Crippen molar-refractivity contribution in [2.45, 2.75) is 65.6 Å². The molecule has 2 atom stereocenters. The number of thiazole rings is 1. The number of hydrogen-bond acceptors (Lipinski definition) is 4. The van der Waals surface area contributed by atoms with Gasteiger partial charge in [0, 0.05) is 6.61 Å². The van der Waals surface area contributed by atoms with Crippen molar-refractivity contribution in [2.24, 2.45) is 5.41 Å². The maximum atomic E-state index is 10.3. The lowest BCUT2D eigenvalue weighted by Gasteiger charge is -2.31. The minimum absolute atomic E-state index is 0.0981. The van der Waals surface area contributed by atoms with Crippen LogP contribution in [0.4, 0.5) is 0 Å². The van der Waals surface area contributed by atoms with E-state index in [2.05, 4.69) is 20.8 Å². The topological polar surface area (TPSA) is 42.4 Å².